The molecule has 1 aliphatic carbocycles. The molecule has 30 heavy (non-hydrogen) atoms. The van der Waals surface area contributed by atoms with Crippen LogP contribution in [0.3, 0.4) is 0 Å². The zero-order chi connectivity index (χ0) is 21.7. The van der Waals surface area contributed by atoms with Crippen LogP contribution in [0.1, 0.15) is 56.9 Å². The van der Waals surface area contributed by atoms with Crippen molar-refractivity contribution in [3.63, 3.8) is 0 Å². The molecular formula is C22H32F2N2O3S. The number of hydrogen-bond donors (Lipinski definition) is 1. The predicted octanol–water partition coefficient (Wildman–Crippen LogP) is 3.31. The van der Waals surface area contributed by atoms with Crippen LogP contribution in [0.25, 0.3) is 0 Å². The lowest BCUT2D eigenvalue weighted by molar-refractivity contribution is -0.136. The van der Waals surface area contributed by atoms with E-state index in [1.54, 1.807) is 13.2 Å². The number of nitrogens with zero attached hydrogens (tertiary/aromatic N) is 1. The second kappa shape index (κ2) is 10.9. The van der Waals surface area contributed by atoms with Gasteiger partial charge in [-0.1, -0.05) is 0 Å². The zero-order valence-corrected chi connectivity index (χ0v) is 18.6. The molecule has 1 aliphatic heterocycles. The summed E-state index contributed by atoms with van der Waals surface area (Å²) in [6.07, 6.45) is 6.88. The van der Waals surface area contributed by atoms with Gasteiger partial charge in [-0.25, -0.2) is 8.78 Å². The fraction of sp³-hybridized carbons (Fsp3) is 0.682. The Morgan fingerprint density at radius 2 is 1.87 bits per heavy atom. The Morgan fingerprint density at radius 1 is 1.20 bits per heavy atom. The number of amides is 1. The third kappa shape index (κ3) is 6.39. The lowest BCUT2D eigenvalue weighted by atomic mass is 9.82. The number of benzene rings is 1. The van der Waals surface area contributed by atoms with E-state index in [9.17, 15) is 18.1 Å². The molecule has 1 amide bonds. The molecule has 0 radical (unpaired) electrons. The van der Waals surface area contributed by atoms with Gasteiger partial charge < -0.3 is 14.2 Å². The van der Waals surface area contributed by atoms with Crippen molar-refractivity contribution in [2.45, 2.75) is 69.6 Å². The summed E-state index contributed by atoms with van der Waals surface area (Å²) in [5, 5.41) is 3.34. The van der Waals surface area contributed by atoms with Gasteiger partial charge in [0.15, 0.2) is 5.88 Å². The molecule has 168 valence electrons. The minimum atomic E-state index is -0.947. The second-order valence-corrected chi connectivity index (χ2v) is 9.89. The van der Waals surface area contributed by atoms with Crippen LogP contribution in [0.4, 0.5) is 8.78 Å². The van der Waals surface area contributed by atoms with Gasteiger partial charge in [-0.15, -0.1) is 0 Å². The van der Waals surface area contributed by atoms with Gasteiger partial charge in [0.2, 0.25) is 5.91 Å². The topological polar surface area (TPSA) is 64.6 Å². The summed E-state index contributed by atoms with van der Waals surface area (Å²) in [5.74, 6) is -0.479. The van der Waals surface area contributed by atoms with E-state index in [1.807, 2.05) is 4.90 Å². The normalized spacial score (nSPS) is 28.4. The van der Waals surface area contributed by atoms with Crippen molar-refractivity contribution < 1.29 is 22.9 Å². The highest BCUT2D eigenvalue weighted by molar-refractivity contribution is 7.90. The van der Waals surface area contributed by atoms with Crippen molar-refractivity contribution in [2.24, 2.45) is 0 Å². The quantitative estimate of drug-likeness (QED) is 0.658. The molecule has 0 bridgehead atoms. The third-order valence-corrected chi connectivity index (χ3v) is 6.84. The first kappa shape index (κ1) is 23.4. The van der Waals surface area contributed by atoms with E-state index < -0.39 is 22.8 Å². The van der Waals surface area contributed by atoms with Crippen molar-refractivity contribution in [2.75, 3.05) is 25.3 Å². The Balaban J connectivity index is 1.54. The van der Waals surface area contributed by atoms with Gasteiger partial charge in [-0.2, -0.15) is 0 Å². The maximum absolute atomic E-state index is 13.5. The van der Waals surface area contributed by atoms with Crippen LogP contribution in [0.5, 0.6) is 0 Å². The van der Waals surface area contributed by atoms with Gasteiger partial charge >= 0.3 is 0 Å². The lowest BCUT2D eigenvalue weighted by Crippen LogP contribution is -2.58. The molecule has 5 nitrogen and oxygen atoms in total. The molecule has 1 aromatic carbocycles. The SMILES string of the molecule is CC(=O)N1CCC[C@H](NC[S+](C)[O-])[C@@H]1CO[C@H]1CC[C@@H](c2cc(F)cc(F)c2)CC1. The summed E-state index contributed by atoms with van der Waals surface area (Å²) in [4.78, 5) is 14.0. The summed E-state index contributed by atoms with van der Waals surface area (Å²) in [7, 11) is 0. The molecular weight excluding hydrogens is 410 g/mol. The summed E-state index contributed by atoms with van der Waals surface area (Å²) in [5.41, 5.74) is 0.720. The second-order valence-electron chi connectivity index (χ2n) is 8.46. The van der Waals surface area contributed by atoms with Crippen LogP contribution < -0.4 is 5.32 Å². The highest BCUT2D eigenvalue weighted by Crippen LogP contribution is 2.35. The number of ether oxygens (including phenoxy) is 1. The number of nitrogens with one attached hydrogen (secondary N) is 1. The number of carbonyl (C=O) groups is 1. The van der Waals surface area contributed by atoms with Crippen molar-refractivity contribution in [1.29, 1.82) is 0 Å². The minimum Gasteiger partial charge on any atom is -0.616 e. The summed E-state index contributed by atoms with van der Waals surface area (Å²) < 4.78 is 44.7. The van der Waals surface area contributed by atoms with Crippen LogP contribution in [-0.4, -0.2) is 58.8 Å². The fourth-order valence-electron chi connectivity index (χ4n) is 4.72. The Hall–Kier alpha value is -1.22. The molecule has 1 heterocycles. The fourth-order valence-corrected chi connectivity index (χ4v) is 5.17. The molecule has 1 unspecified atom stereocenters. The average molecular weight is 443 g/mol. The molecule has 1 saturated carbocycles. The van der Waals surface area contributed by atoms with Gasteiger partial charge in [0.1, 0.15) is 11.6 Å². The molecule has 8 heteroatoms. The van der Waals surface area contributed by atoms with Crippen molar-refractivity contribution in [1.82, 2.24) is 10.2 Å². The maximum atomic E-state index is 13.5. The first-order valence-corrected chi connectivity index (χ1v) is 12.4. The van der Waals surface area contributed by atoms with Gasteiger partial charge in [0.05, 0.1) is 25.0 Å². The zero-order valence-electron chi connectivity index (χ0n) is 17.7. The number of halogens is 2. The average Bonchev–Trinajstić information content (AvgIpc) is 2.70. The minimum absolute atomic E-state index is 0.0320. The van der Waals surface area contributed by atoms with Gasteiger partial charge in [-0.05, 0) is 73.3 Å². The van der Waals surface area contributed by atoms with Crippen LogP contribution in [-0.2, 0) is 20.7 Å². The predicted molar refractivity (Wildman–Crippen MR) is 114 cm³/mol. The van der Waals surface area contributed by atoms with Crippen molar-refractivity contribution >= 4 is 17.1 Å². The van der Waals surface area contributed by atoms with Crippen LogP contribution in [0.15, 0.2) is 18.2 Å². The third-order valence-electron chi connectivity index (χ3n) is 6.27. The Labute approximate surface area is 180 Å². The summed E-state index contributed by atoms with van der Waals surface area (Å²) >= 11 is -0.947. The molecule has 2 fully saturated rings. The van der Waals surface area contributed by atoms with Gasteiger partial charge in [-0.3, -0.25) is 10.1 Å². The van der Waals surface area contributed by atoms with E-state index in [0.29, 0.717) is 19.0 Å². The molecule has 1 saturated heterocycles. The maximum Gasteiger partial charge on any atom is 0.219 e. The van der Waals surface area contributed by atoms with E-state index in [4.69, 9.17) is 4.74 Å². The number of carbonyl (C=O) groups excluding carboxylic acids is 1. The van der Waals surface area contributed by atoms with E-state index >= 15 is 0 Å². The highest BCUT2D eigenvalue weighted by atomic mass is 32.2. The molecule has 2 aliphatic rings. The number of hydrogen-bond acceptors (Lipinski definition) is 4. The monoisotopic (exact) mass is 442 g/mol. The molecule has 3 rings (SSSR count). The molecule has 1 aromatic rings. The number of rotatable bonds is 7. The first-order valence-electron chi connectivity index (χ1n) is 10.7. The van der Waals surface area contributed by atoms with Crippen LogP contribution >= 0.6 is 0 Å². The van der Waals surface area contributed by atoms with Crippen LogP contribution in [0, 0.1) is 11.6 Å². The Kier molecular flexibility index (Phi) is 8.51. The number of piperidine rings is 1. The van der Waals surface area contributed by atoms with E-state index in [-0.39, 0.29) is 30.0 Å². The van der Waals surface area contributed by atoms with Crippen molar-refractivity contribution in [3.05, 3.63) is 35.4 Å². The molecule has 1 N–H and O–H groups in total. The Bertz CT molecular complexity index is 693. The van der Waals surface area contributed by atoms with E-state index in [2.05, 4.69) is 5.32 Å². The largest absolute Gasteiger partial charge is 0.616 e. The van der Waals surface area contributed by atoms with Crippen LogP contribution in [0.2, 0.25) is 0 Å². The smallest absolute Gasteiger partial charge is 0.219 e. The summed E-state index contributed by atoms with van der Waals surface area (Å²) in [6.45, 7) is 2.74. The number of likely N-dealkylation sites (tertiary alicyclic amines) is 1. The first-order chi connectivity index (χ1) is 14.3. The molecule has 3 atom stereocenters. The standard InChI is InChI=1S/C22H32F2N2O3S/c1-15(27)26-9-3-4-21(25-14-30(2)28)22(26)13-29-20-7-5-16(6-8-20)17-10-18(23)12-19(24)11-17/h10-12,16,20-22,25H,3-9,13-14H2,1-2H3/t16-,20+,21-,22-,30?/m0/s1. The van der Waals surface area contributed by atoms with E-state index in [0.717, 1.165) is 50.2 Å². The highest BCUT2D eigenvalue weighted by Gasteiger charge is 2.34. The lowest BCUT2D eigenvalue weighted by Gasteiger charge is -2.42. The van der Waals surface area contributed by atoms with E-state index in [1.165, 1.54) is 12.1 Å². The van der Waals surface area contributed by atoms with Crippen molar-refractivity contribution in [3.8, 4) is 0 Å². The van der Waals surface area contributed by atoms with Gasteiger partial charge in [0, 0.05) is 25.6 Å². The van der Waals surface area contributed by atoms with Gasteiger partial charge in [0.25, 0.3) is 0 Å². The molecule has 0 spiro atoms. The molecule has 0 aromatic heterocycles. The summed E-state index contributed by atoms with van der Waals surface area (Å²) in [6, 6.07) is 3.75. The Morgan fingerprint density at radius 3 is 2.47 bits per heavy atom.